The Morgan fingerprint density at radius 3 is 2.49 bits per heavy atom. The molecule has 194 valence electrons. The Kier molecular flexibility index (Phi) is 8.17. The van der Waals surface area contributed by atoms with Gasteiger partial charge in [-0.15, -0.1) is 0 Å². The lowest BCUT2D eigenvalue weighted by Crippen LogP contribution is -2.36. The Labute approximate surface area is 216 Å². The van der Waals surface area contributed by atoms with Crippen LogP contribution in [0.15, 0.2) is 61.0 Å². The van der Waals surface area contributed by atoms with Crippen molar-refractivity contribution in [1.29, 1.82) is 0 Å². The van der Waals surface area contributed by atoms with Gasteiger partial charge in [-0.2, -0.15) is 0 Å². The van der Waals surface area contributed by atoms with Crippen LogP contribution in [0.25, 0.3) is 11.1 Å². The second-order valence-corrected chi connectivity index (χ2v) is 9.73. The van der Waals surface area contributed by atoms with E-state index in [1.807, 2.05) is 18.2 Å². The minimum atomic E-state index is -0.799. The third kappa shape index (κ3) is 6.24. The molecule has 0 saturated heterocycles. The van der Waals surface area contributed by atoms with Gasteiger partial charge in [-0.05, 0) is 46.7 Å². The van der Waals surface area contributed by atoms with Crippen molar-refractivity contribution in [2.24, 2.45) is 5.41 Å². The first-order chi connectivity index (χ1) is 17.5. The van der Waals surface area contributed by atoms with Crippen molar-refractivity contribution in [3.05, 3.63) is 72.1 Å². The molecule has 1 heterocycles. The van der Waals surface area contributed by atoms with E-state index in [0.29, 0.717) is 35.6 Å². The molecule has 3 amide bonds. The molecule has 2 aromatic rings. The van der Waals surface area contributed by atoms with Gasteiger partial charge < -0.3 is 20.1 Å². The number of carbonyl (C=O) groups is 4. The van der Waals surface area contributed by atoms with Crippen molar-refractivity contribution in [2.45, 2.75) is 33.7 Å². The molecule has 3 rings (SSSR count). The number of anilines is 1. The first-order valence-electron chi connectivity index (χ1n) is 11.7. The number of nitrogens with zero attached hydrogens (tertiary/aromatic N) is 1. The topological polar surface area (TPSA) is 114 Å². The lowest BCUT2D eigenvalue weighted by Gasteiger charge is -2.20. The summed E-state index contributed by atoms with van der Waals surface area (Å²) in [6, 6.07) is 10.7. The van der Waals surface area contributed by atoms with Crippen LogP contribution >= 0.6 is 0 Å². The van der Waals surface area contributed by atoms with Crippen LogP contribution in [0.5, 0.6) is 5.75 Å². The van der Waals surface area contributed by atoms with Crippen LogP contribution in [0, 0.1) is 5.41 Å². The molecule has 0 atom stereocenters. The molecule has 0 fully saturated rings. The van der Waals surface area contributed by atoms with E-state index >= 15 is 0 Å². The predicted octanol–water partition coefficient (Wildman–Crippen LogP) is 4.01. The van der Waals surface area contributed by atoms with Crippen LogP contribution in [0.2, 0.25) is 0 Å². The number of hydrogen-bond acceptors (Lipinski definition) is 6. The maximum Gasteiger partial charge on any atom is 0.353 e. The molecule has 9 nitrogen and oxygen atoms in total. The highest BCUT2D eigenvalue weighted by Crippen LogP contribution is 2.37. The van der Waals surface area contributed by atoms with Gasteiger partial charge in [0.1, 0.15) is 17.1 Å². The summed E-state index contributed by atoms with van der Waals surface area (Å²) in [5.74, 6) is -1.41. The minimum absolute atomic E-state index is 0.0812. The first kappa shape index (κ1) is 27.2. The average Bonchev–Trinajstić information content (AvgIpc) is 3.19. The van der Waals surface area contributed by atoms with Gasteiger partial charge in [-0.25, -0.2) is 4.79 Å². The maximum atomic E-state index is 13.1. The Bertz CT molecular complexity index is 1280. The highest BCUT2D eigenvalue weighted by molar-refractivity contribution is 6.08. The molecule has 1 aliphatic heterocycles. The van der Waals surface area contributed by atoms with Gasteiger partial charge in [0.25, 0.3) is 11.8 Å². The number of esters is 1. The van der Waals surface area contributed by atoms with E-state index in [4.69, 9.17) is 4.74 Å². The van der Waals surface area contributed by atoms with E-state index < -0.39 is 11.9 Å². The molecule has 9 heteroatoms. The Hall–Kier alpha value is -4.40. The van der Waals surface area contributed by atoms with Crippen LogP contribution in [0.4, 0.5) is 5.69 Å². The number of fused-ring (bicyclic) bond motifs is 1. The van der Waals surface area contributed by atoms with E-state index in [1.165, 1.54) is 12.0 Å². The summed E-state index contributed by atoms with van der Waals surface area (Å²) in [7, 11) is 1.17. The SMILES string of the molecule is C=C(NC(=O)C(=C)N1Cc2c(cccc2-c2ccc(NC=O)c(OCCC(C)(C)C)c2)C1=O)C(=O)OC. The normalized spacial score (nSPS) is 12.4. The predicted molar refractivity (Wildman–Crippen MR) is 139 cm³/mol. The smallest absolute Gasteiger partial charge is 0.353 e. The zero-order chi connectivity index (χ0) is 27.3. The second kappa shape index (κ2) is 11.1. The highest BCUT2D eigenvalue weighted by atomic mass is 16.5. The Balaban J connectivity index is 1.88. The molecule has 0 aliphatic carbocycles. The number of benzene rings is 2. The fraction of sp³-hybridized carbons (Fsp3) is 0.286. The first-order valence-corrected chi connectivity index (χ1v) is 11.7. The number of hydrogen-bond donors (Lipinski definition) is 2. The third-order valence-electron chi connectivity index (χ3n) is 5.87. The quantitative estimate of drug-likeness (QED) is 0.287. The summed E-state index contributed by atoms with van der Waals surface area (Å²) in [5, 5.41) is 4.96. The van der Waals surface area contributed by atoms with Crippen LogP contribution in [-0.4, -0.2) is 42.8 Å². The summed E-state index contributed by atoms with van der Waals surface area (Å²) in [5.41, 5.74) is 2.93. The van der Waals surface area contributed by atoms with Gasteiger partial charge in [-0.1, -0.05) is 52.1 Å². The standard InChI is InChI=1S/C28H31N3O6/c1-17(27(35)36-6)30-25(33)18(2)31-15-22-20(8-7-9-21(22)26(31)34)19-10-11-23(29-16-32)24(14-19)37-13-12-28(3,4)5/h7-11,14,16H,1-2,12-13,15H2,3-6H3,(H,29,32)(H,30,33). The molecule has 2 aromatic carbocycles. The molecule has 0 bridgehead atoms. The number of rotatable bonds is 10. The van der Waals surface area contributed by atoms with Crippen LogP contribution in [0.3, 0.4) is 0 Å². The van der Waals surface area contributed by atoms with E-state index in [0.717, 1.165) is 17.5 Å². The zero-order valence-corrected chi connectivity index (χ0v) is 21.5. The van der Waals surface area contributed by atoms with Crippen LogP contribution in [-0.2, 0) is 25.7 Å². The largest absolute Gasteiger partial charge is 0.491 e. The second-order valence-electron chi connectivity index (χ2n) is 9.73. The lowest BCUT2D eigenvalue weighted by atomic mass is 9.93. The van der Waals surface area contributed by atoms with E-state index in [9.17, 15) is 19.2 Å². The molecule has 0 spiro atoms. The molecular formula is C28H31N3O6. The Morgan fingerprint density at radius 2 is 1.84 bits per heavy atom. The van der Waals surface area contributed by atoms with Gasteiger partial charge >= 0.3 is 5.97 Å². The number of amides is 3. The molecular weight excluding hydrogens is 474 g/mol. The van der Waals surface area contributed by atoms with Gasteiger partial charge in [0.05, 0.1) is 25.9 Å². The van der Waals surface area contributed by atoms with Crippen molar-refractivity contribution in [3.63, 3.8) is 0 Å². The molecule has 0 radical (unpaired) electrons. The van der Waals surface area contributed by atoms with Crippen LogP contribution in [0.1, 0.15) is 43.1 Å². The number of carbonyl (C=O) groups excluding carboxylic acids is 4. The average molecular weight is 506 g/mol. The monoisotopic (exact) mass is 505 g/mol. The minimum Gasteiger partial charge on any atom is -0.491 e. The van der Waals surface area contributed by atoms with Gasteiger partial charge in [0.2, 0.25) is 6.41 Å². The van der Waals surface area contributed by atoms with Crippen molar-refractivity contribution < 1.29 is 28.7 Å². The van der Waals surface area contributed by atoms with E-state index in [2.05, 4.69) is 49.3 Å². The molecule has 37 heavy (non-hydrogen) atoms. The van der Waals surface area contributed by atoms with E-state index in [-0.39, 0.29) is 29.3 Å². The molecule has 1 aliphatic rings. The zero-order valence-electron chi connectivity index (χ0n) is 21.5. The number of nitrogens with one attached hydrogen (secondary N) is 2. The van der Waals surface area contributed by atoms with Crippen molar-refractivity contribution in [1.82, 2.24) is 10.2 Å². The maximum absolute atomic E-state index is 13.1. The van der Waals surface area contributed by atoms with Gasteiger partial charge in [0, 0.05) is 5.56 Å². The molecule has 2 N–H and O–H groups in total. The Morgan fingerprint density at radius 1 is 1.14 bits per heavy atom. The third-order valence-corrected chi connectivity index (χ3v) is 5.87. The summed E-state index contributed by atoms with van der Waals surface area (Å²) in [6.45, 7) is 14.1. The van der Waals surface area contributed by atoms with Gasteiger partial charge in [0.15, 0.2) is 0 Å². The summed E-state index contributed by atoms with van der Waals surface area (Å²) < 4.78 is 10.5. The van der Waals surface area contributed by atoms with Crippen molar-refractivity contribution in [3.8, 4) is 16.9 Å². The number of ether oxygens (including phenoxy) is 2. The van der Waals surface area contributed by atoms with Crippen molar-refractivity contribution in [2.75, 3.05) is 19.0 Å². The number of methoxy groups -OCH3 is 1. The summed E-state index contributed by atoms with van der Waals surface area (Å²) in [4.78, 5) is 49.7. The van der Waals surface area contributed by atoms with E-state index in [1.54, 1.807) is 18.2 Å². The lowest BCUT2D eigenvalue weighted by molar-refractivity contribution is -0.137. The molecule has 0 unspecified atom stereocenters. The molecule has 0 aromatic heterocycles. The highest BCUT2D eigenvalue weighted by Gasteiger charge is 2.33. The molecule has 0 saturated carbocycles. The van der Waals surface area contributed by atoms with Gasteiger partial charge in [-0.3, -0.25) is 19.3 Å². The van der Waals surface area contributed by atoms with Crippen molar-refractivity contribution >= 4 is 29.9 Å². The van der Waals surface area contributed by atoms with Crippen LogP contribution < -0.4 is 15.4 Å². The fourth-order valence-electron chi connectivity index (χ4n) is 3.79. The summed E-state index contributed by atoms with van der Waals surface area (Å²) in [6.07, 6.45) is 1.41. The fourth-order valence-corrected chi connectivity index (χ4v) is 3.79. The summed E-state index contributed by atoms with van der Waals surface area (Å²) >= 11 is 0.